The Morgan fingerprint density at radius 2 is 1.97 bits per heavy atom. The van der Waals surface area contributed by atoms with Gasteiger partial charge in [0.25, 0.3) is 5.91 Å². The van der Waals surface area contributed by atoms with Crippen molar-refractivity contribution in [3.63, 3.8) is 0 Å². The fraction of sp³-hybridized carbons (Fsp3) is 0.174. The molecular weight excluding hydrogens is 417 g/mol. The zero-order valence-electron chi connectivity index (χ0n) is 16.6. The number of amides is 1. The van der Waals surface area contributed by atoms with Gasteiger partial charge in [0, 0.05) is 23.9 Å². The number of thiocarbonyl (C=S) groups is 1. The topological polar surface area (TPSA) is 38.1 Å². The number of hydrogen-bond donors (Lipinski definition) is 0. The zero-order valence-corrected chi connectivity index (χ0v) is 18.3. The Morgan fingerprint density at radius 1 is 1.20 bits per heavy atom. The second-order valence-corrected chi connectivity index (χ2v) is 8.69. The number of aryl methyl sites for hydroxylation is 1. The summed E-state index contributed by atoms with van der Waals surface area (Å²) in [5.74, 6) is -0.387. The number of thioether (sulfide) groups is 1. The van der Waals surface area contributed by atoms with Crippen LogP contribution in [0.15, 0.2) is 59.6 Å². The molecule has 1 aliphatic rings. The first kappa shape index (κ1) is 20.5. The molecule has 1 aliphatic heterocycles. The van der Waals surface area contributed by atoms with Crippen LogP contribution in [0.1, 0.15) is 24.5 Å². The Bertz CT molecular complexity index is 1150. The number of halogens is 1. The molecule has 0 N–H and O–H groups in total. The standard InChI is InChI=1S/C23H20FN3OS2/c1-3-11-26-22(28)20(30-23(26)29)13-17-14-27(18-7-5-4-6-8-18)25-21(17)16-10-9-15(2)19(24)12-16/h4-10,12-14H,3,11H2,1-2H3. The van der Waals surface area contributed by atoms with Gasteiger partial charge in [-0.15, -0.1) is 0 Å². The van der Waals surface area contributed by atoms with Gasteiger partial charge in [-0.3, -0.25) is 9.69 Å². The normalized spacial score (nSPS) is 15.4. The first-order valence-corrected chi connectivity index (χ1v) is 10.9. The third kappa shape index (κ3) is 3.95. The fourth-order valence-corrected chi connectivity index (χ4v) is 4.53. The number of rotatable bonds is 5. The minimum atomic E-state index is -0.290. The van der Waals surface area contributed by atoms with E-state index in [2.05, 4.69) is 0 Å². The average Bonchev–Trinajstić information content (AvgIpc) is 3.28. The monoisotopic (exact) mass is 437 g/mol. The first-order chi connectivity index (χ1) is 14.5. The van der Waals surface area contributed by atoms with Gasteiger partial charge in [-0.25, -0.2) is 9.07 Å². The Labute approximate surface area is 184 Å². The van der Waals surface area contributed by atoms with E-state index in [4.69, 9.17) is 17.3 Å². The summed E-state index contributed by atoms with van der Waals surface area (Å²) < 4.78 is 16.6. The van der Waals surface area contributed by atoms with Crippen molar-refractivity contribution < 1.29 is 9.18 Å². The molecular formula is C23H20FN3OS2. The summed E-state index contributed by atoms with van der Waals surface area (Å²) in [5.41, 5.74) is 3.45. The lowest BCUT2D eigenvalue weighted by atomic mass is 10.1. The lowest BCUT2D eigenvalue weighted by Crippen LogP contribution is -2.28. The number of benzene rings is 2. The summed E-state index contributed by atoms with van der Waals surface area (Å²) in [4.78, 5) is 15.0. The highest BCUT2D eigenvalue weighted by Crippen LogP contribution is 2.35. The van der Waals surface area contributed by atoms with E-state index in [-0.39, 0.29) is 11.7 Å². The van der Waals surface area contributed by atoms with Crippen LogP contribution < -0.4 is 0 Å². The van der Waals surface area contributed by atoms with Crippen LogP contribution in [0.4, 0.5) is 4.39 Å². The molecule has 30 heavy (non-hydrogen) atoms. The summed E-state index contributed by atoms with van der Waals surface area (Å²) in [6, 6.07) is 14.7. The van der Waals surface area contributed by atoms with E-state index in [9.17, 15) is 9.18 Å². The van der Waals surface area contributed by atoms with Crippen molar-refractivity contribution >= 4 is 40.3 Å². The summed E-state index contributed by atoms with van der Waals surface area (Å²) in [6.07, 6.45) is 4.49. The maximum absolute atomic E-state index is 14.2. The molecule has 1 aromatic heterocycles. The van der Waals surface area contributed by atoms with Gasteiger partial charge in [-0.05, 0) is 43.2 Å². The Balaban J connectivity index is 1.82. The van der Waals surface area contributed by atoms with E-state index in [1.165, 1.54) is 17.8 Å². The maximum atomic E-state index is 14.2. The van der Waals surface area contributed by atoms with E-state index in [1.807, 2.05) is 49.5 Å². The van der Waals surface area contributed by atoms with E-state index in [1.54, 1.807) is 28.6 Å². The SMILES string of the molecule is CCCN1C(=O)C(=Cc2cn(-c3ccccc3)nc2-c2ccc(C)c(F)c2)SC1=S. The summed E-state index contributed by atoms with van der Waals surface area (Å²) in [5, 5.41) is 4.70. The van der Waals surface area contributed by atoms with E-state index < -0.39 is 0 Å². The van der Waals surface area contributed by atoms with Crippen LogP contribution in [-0.4, -0.2) is 31.5 Å². The molecule has 0 aliphatic carbocycles. The van der Waals surface area contributed by atoms with Crippen molar-refractivity contribution in [2.45, 2.75) is 20.3 Å². The molecule has 0 atom stereocenters. The van der Waals surface area contributed by atoms with Crippen LogP contribution in [0.5, 0.6) is 0 Å². The third-order valence-corrected chi connectivity index (χ3v) is 6.19. The van der Waals surface area contributed by atoms with Crippen LogP contribution in [0.25, 0.3) is 23.0 Å². The highest BCUT2D eigenvalue weighted by Gasteiger charge is 2.31. The molecule has 0 radical (unpaired) electrons. The summed E-state index contributed by atoms with van der Waals surface area (Å²) in [7, 11) is 0. The van der Waals surface area contributed by atoms with Gasteiger partial charge in [0.05, 0.1) is 10.6 Å². The largest absolute Gasteiger partial charge is 0.293 e. The van der Waals surface area contributed by atoms with Crippen molar-refractivity contribution in [2.75, 3.05) is 6.54 Å². The molecule has 2 heterocycles. The van der Waals surface area contributed by atoms with Gasteiger partial charge in [-0.1, -0.05) is 61.2 Å². The Morgan fingerprint density at radius 3 is 2.67 bits per heavy atom. The second-order valence-electron chi connectivity index (χ2n) is 7.01. The minimum Gasteiger partial charge on any atom is -0.293 e. The molecule has 7 heteroatoms. The van der Waals surface area contributed by atoms with Crippen molar-refractivity contribution in [1.29, 1.82) is 0 Å². The molecule has 2 aromatic carbocycles. The first-order valence-electron chi connectivity index (χ1n) is 9.65. The van der Waals surface area contributed by atoms with Crippen LogP contribution in [-0.2, 0) is 4.79 Å². The van der Waals surface area contributed by atoms with Crippen LogP contribution >= 0.6 is 24.0 Å². The molecule has 0 bridgehead atoms. The molecule has 0 unspecified atom stereocenters. The van der Waals surface area contributed by atoms with Crippen LogP contribution in [0, 0.1) is 12.7 Å². The van der Waals surface area contributed by atoms with Crippen molar-refractivity contribution in [3.8, 4) is 16.9 Å². The van der Waals surface area contributed by atoms with Crippen molar-refractivity contribution in [1.82, 2.24) is 14.7 Å². The zero-order chi connectivity index (χ0) is 21.3. The van der Waals surface area contributed by atoms with E-state index in [0.717, 1.165) is 17.7 Å². The Hall–Kier alpha value is -2.77. The molecule has 1 fully saturated rings. The number of nitrogens with zero attached hydrogens (tertiary/aromatic N) is 3. The summed E-state index contributed by atoms with van der Waals surface area (Å²) in [6.45, 7) is 4.33. The van der Waals surface area contributed by atoms with E-state index in [0.29, 0.717) is 32.6 Å². The maximum Gasteiger partial charge on any atom is 0.266 e. The molecule has 0 spiro atoms. The van der Waals surface area contributed by atoms with Crippen molar-refractivity contribution in [2.24, 2.45) is 0 Å². The quantitative estimate of drug-likeness (QED) is 0.385. The molecule has 1 saturated heterocycles. The molecule has 1 amide bonds. The number of carbonyl (C=O) groups is 1. The number of carbonyl (C=O) groups excluding carboxylic acids is 1. The lowest BCUT2D eigenvalue weighted by Gasteiger charge is -2.11. The molecule has 0 saturated carbocycles. The van der Waals surface area contributed by atoms with E-state index >= 15 is 0 Å². The van der Waals surface area contributed by atoms with Gasteiger partial charge >= 0.3 is 0 Å². The Kier molecular flexibility index (Phi) is 5.83. The molecule has 3 aromatic rings. The second kappa shape index (κ2) is 8.53. The smallest absolute Gasteiger partial charge is 0.266 e. The number of aromatic nitrogens is 2. The highest BCUT2D eigenvalue weighted by atomic mass is 32.2. The summed E-state index contributed by atoms with van der Waals surface area (Å²) >= 11 is 6.66. The average molecular weight is 438 g/mol. The molecule has 4 nitrogen and oxygen atoms in total. The van der Waals surface area contributed by atoms with Crippen LogP contribution in [0.3, 0.4) is 0 Å². The predicted molar refractivity (Wildman–Crippen MR) is 124 cm³/mol. The number of hydrogen-bond acceptors (Lipinski definition) is 4. The van der Waals surface area contributed by atoms with Gasteiger partial charge in [-0.2, -0.15) is 5.10 Å². The van der Waals surface area contributed by atoms with Gasteiger partial charge in [0.15, 0.2) is 0 Å². The van der Waals surface area contributed by atoms with Crippen LogP contribution in [0.2, 0.25) is 0 Å². The van der Waals surface area contributed by atoms with Gasteiger partial charge in [0.2, 0.25) is 0 Å². The third-order valence-electron chi connectivity index (χ3n) is 4.82. The molecule has 4 rings (SSSR count). The van der Waals surface area contributed by atoms with Crippen molar-refractivity contribution in [3.05, 3.63) is 76.6 Å². The lowest BCUT2D eigenvalue weighted by molar-refractivity contribution is -0.122. The predicted octanol–water partition coefficient (Wildman–Crippen LogP) is 5.60. The van der Waals surface area contributed by atoms with Gasteiger partial charge in [0.1, 0.15) is 15.8 Å². The number of para-hydroxylation sites is 1. The highest BCUT2D eigenvalue weighted by molar-refractivity contribution is 8.26. The van der Waals surface area contributed by atoms with Gasteiger partial charge < -0.3 is 0 Å². The minimum absolute atomic E-state index is 0.0969. The molecule has 152 valence electrons. The fourth-order valence-electron chi connectivity index (χ4n) is 3.23.